The van der Waals surface area contributed by atoms with Gasteiger partial charge in [0.1, 0.15) is 12.4 Å². The molecule has 4 rings (SSSR count). The third kappa shape index (κ3) is 6.34. The van der Waals surface area contributed by atoms with Gasteiger partial charge in [-0.25, -0.2) is 4.39 Å². The molecule has 0 bridgehead atoms. The highest BCUT2D eigenvalue weighted by Crippen LogP contribution is 2.34. The Morgan fingerprint density at radius 2 is 1.85 bits per heavy atom. The molecule has 176 valence electrons. The molecule has 10 heteroatoms. The number of halogens is 2. The fourth-order valence-corrected chi connectivity index (χ4v) is 4.41. The lowest BCUT2D eigenvalue weighted by Gasteiger charge is -2.14. The summed E-state index contributed by atoms with van der Waals surface area (Å²) in [6.45, 7) is 1.74. The van der Waals surface area contributed by atoms with Crippen molar-refractivity contribution < 1.29 is 13.9 Å². The second kappa shape index (κ2) is 12.0. The molecule has 0 aliphatic carbocycles. The minimum absolute atomic E-state index is 0.269. The minimum atomic E-state index is -0.269. The van der Waals surface area contributed by atoms with Crippen molar-refractivity contribution in [1.82, 2.24) is 25.5 Å². The van der Waals surface area contributed by atoms with Crippen LogP contribution in [0.4, 0.5) is 4.39 Å². The second-order valence-corrected chi connectivity index (χ2v) is 9.16. The molecule has 0 saturated carbocycles. The lowest BCUT2D eigenvalue weighted by atomic mass is 10.2. The van der Waals surface area contributed by atoms with E-state index in [1.54, 1.807) is 35.7 Å². The topological polar surface area (TPSA) is 74.1 Å². The maximum atomic E-state index is 13.1. The number of ether oxygens (including phenoxy) is 2. The molecule has 34 heavy (non-hydrogen) atoms. The molecule has 1 aromatic heterocycles. The standard InChI is InChI=1S/C24H23BrFN5O2S/c1-32-22-13-18(21(25)14-23(22)33-16-17-7-9-19(26)10-8-17)15-27-11-12-34-24-28-29-30-31(24)20-5-3-2-4-6-20/h2-10,13-14,27H,11-12,15-16H2,1H3. The molecule has 0 aliphatic rings. The van der Waals surface area contributed by atoms with E-state index in [0.717, 1.165) is 38.7 Å². The van der Waals surface area contributed by atoms with E-state index in [4.69, 9.17) is 9.47 Å². The van der Waals surface area contributed by atoms with Gasteiger partial charge in [0, 0.05) is 23.3 Å². The molecule has 0 aliphatic heterocycles. The SMILES string of the molecule is COc1cc(CNCCSc2nnnn2-c2ccccc2)c(Br)cc1OCc1ccc(F)cc1. The highest BCUT2D eigenvalue weighted by molar-refractivity contribution is 9.10. The number of nitrogens with zero attached hydrogens (tertiary/aromatic N) is 4. The van der Waals surface area contributed by atoms with Crippen LogP contribution in [-0.4, -0.2) is 39.6 Å². The van der Waals surface area contributed by atoms with Gasteiger partial charge in [-0.15, -0.1) is 5.10 Å². The molecule has 0 atom stereocenters. The number of thioether (sulfide) groups is 1. The van der Waals surface area contributed by atoms with E-state index < -0.39 is 0 Å². The molecule has 0 saturated heterocycles. The summed E-state index contributed by atoms with van der Waals surface area (Å²) >= 11 is 5.21. The summed E-state index contributed by atoms with van der Waals surface area (Å²) in [5.74, 6) is 1.79. The van der Waals surface area contributed by atoms with Gasteiger partial charge >= 0.3 is 0 Å². The second-order valence-electron chi connectivity index (χ2n) is 7.24. The van der Waals surface area contributed by atoms with Crippen LogP contribution in [0.25, 0.3) is 5.69 Å². The first-order valence-corrected chi connectivity index (χ1v) is 12.3. The van der Waals surface area contributed by atoms with Crippen LogP contribution in [0.15, 0.2) is 76.4 Å². The predicted octanol–water partition coefficient (Wildman–Crippen LogP) is 5.03. The summed E-state index contributed by atoms with van der Waals surface area (Å²) < 4.78 is 27.2. The van der Waals surface area contributed by atoms with Gasteiger partial charge in [-0.1, -0.05) is 58.0 Å². The van der Waals surface area contributed by atoms with Gasteiger partial charge in [0.05, 0.1) is 12.8 Å². The zero-order valence-corrected chi connectivity index (χ0v) is 20.9. The average Bonchev–Trinajstić information content (AvgIpc) is 3.33. The van der Waals surface area contributed by atoms with Crippen molar-refractivity contribution in [3.8, 4) is 17.2 Å². The van der Waals surface area contributed by atoms with Crippen LogP contribution in [0, 0.1) is 5.82 Å². The van der Waals surface area contributed by atoms with Crippen molar-refractivity contribution in [2.75, 3.05) is 19.4 Å². The Balaban J connectivity index is 1.29. The van der Waals surface area contributed by atoms with Gasteiger partial charge in [0.2, 0.25) is 5.16 Å². The Morgan fingerprint density at radius 1 is 1.06 bits per heavy atom. The molecular formula is C24H23BrFN5O2S. The largest absolute Gasteiger partial charge is 0.493 e. The Kier molecular flexibility index (Phi) is 8.51. The molecule has 3 aromatic carbocycles. The zero-order valence-electron chi connectivity index (χ0n) is 18.4. The van der Waals surface area contributed by atoms with Crippen molar-refractivity contribution >= 4 is 27.7 Å². The molecule has 0 fully saturated rings. The molecule has 4 aromatic rings. The van der Waals surface area contributed by atoms with E-state index in [-0.39, 0.29) is 5.82 Å². The Hall–Kier alpha value is -2.95. The van der Waals surface area contributed by atoms with Crippen LogP contribution < -0.4 is 14.8 Å². The van der Waals surface area contributed by atoms with Crippen molar-refractivity contribution in [3.63, 3.8) is 0 Å². The summed E-state index contributed by atoms with van der Waals surface area (Å²) in [6.07, 6.45) is 0. The van der Waals surface area contributed by atoms with Crippen LogP contribution in [-0.2, 0) is 13.2 Å². The Bertz CT molecular complexity index is 1210. The minimum Gasteiger partial charge on any atom is -0.493 e. The molecule has 0 radical (unpaired) electrons. The fourth-order valence-electron chi connectivity index (χ4n) is 3.16. The Morgan fingerprint density at radius 3 is 2.62 bits per heavy atom. The fraction of sp³-hybridized carbons (Fsp3) is 0.208. The summed E-state index contributed by atoms with van der Waals surface area (Å²) in [4.78, 5) is 0. The highest BCUT2D eigenvalue weighted by atomic mass is 79.9. The number of aromatic nitrogens is 4. The maximum Gasteiger partial charge on any atom is 0.214 e. The molecular weight excluding hydrogens is 521 g/mol. The summed E-state index contributed by atoms with van der Waals surface area (Å²) in [6, 6.07) is 19.9. The van der Waals surface area contributed by atoms with Crippen LogP contribution in [0.5, 0.6) is 11.5 Å². The number of hydrogen-bond donors (Lipinski definition) is 1. The summed E-state index contributed by atoms with van der Waals surface area (Å²) in [5, 5.41) is 16.2. The van der Waals surface area contributed by atoms with Gasteiger partial charge in [-0.2, -0.15) is 4.68 Å². The van der Waals surface area contributed by atoms with Crippen LogP contribution >= 0.6 is 27.7 Å². The molecule has 0 unspecified atom stereocenters. The van der Waals surface area contributed by atoms with E-state index in [1.807, 2.05) is 42.5 Å². The number of tetrazole rings is 1. The zero-order chi connectivity index (χ0) is 23.8. The van der Waals surface area contributed by atoms with Gasteiger partial charge in [-0.3, -0.25) is 0 Å². The quantitative estimate of drug-likeness (QED) is 0.210. The van der Waals surface area contributed by atoms with Gasteiger partial charge in [-0.05, 0) is 58.0 Å². The van der Waals surface area contributed by atoms with Gasteiger partial charge < -0.3 is 14.8 Å². The summed E-state index contributed by atoms with van der Waals surface area (Å²) in [7, 11) is 1.61. The van der Waals surface area contributed by atoms with Crippen molar-refractivity contribution in [2.45, 2.75) is 18.3 Å². The highest BCUT2D eigenvalue weighted by Gasteiger charge is 2.12. The first-order chi connectivity index (χ1) is 16.6. The van der Waals surface area contributed by atoms with Crippen molar-refractivity contribution in [2.24, 2.45) is 0 Å². The number of methoxy groups -OCH3 is 1. The lowest BCUT2D eigenvalue weighted by Crippen LogP contribution is -2.17. The predicted molar refractivity (Wildman–Crippen MR) is 133 cm³/mol. The number of hydrogen-bond acceptors (Lipinski definition) is 7. The molecule has 7 nitrogen and oxygen atoms in total. The number of rotatable bonds is 11. The number of nitrogens with one attached hydrogen (secondary N) is 1. The van der Waals surface area contributed by atoms with Crippen molar-refractivity contribution in [3.05, 3.63) is 88.1 Å². The van der Waals surface area contributed by atoms with E-state index in [1.165, 1.54) is 12.1 Å². The number of para-hydroxylation sites is 1. The van der Waals surface area contributed by atoms with Crippen molar-refractivity contribution in [1.29, 1.82) is 0 Å². The van der Waals surface area contributed by atoms with E-state index >= 15 is 0 Å². The van der Waals surface area contributed by atoms with E-state index in [2.05, 4.69) is 36.8 Å². The smallest absolute Gasteiger partial charge is 0.214 e. The normalized spacial score (nSPS) is 10.9. The molecule has 1 N–H and O–H groups in total. The third-order valence-electron chi connectivity index (χ3n) is 4.91. The first-order valence-electron chi connectivity index (χ1n) is 10.5. The van der Waals surface area contributed by atoms with E-state index in [0.29, 0.717) is 24.7 Å². The average molecular weight is 544 g/mol. The third-order valence-corrected chi connectivity index (χ3v) is 6.57. The Labute approximate surface area is 209 Å². The molecule has 0 spiro atoms. The lowest BCUT2D eigenvalue weighted by molar-refractivity contribution is 0.284. The molecule has 0 amide bonds. The van der Waals surface area contributed by atoms with Crippen LogP contribution in [0.1, 0.15) is 11.1 Å². The number of benzene rings is 3. The molecule has 1 heterocycles. The van der Waals surface area contributed by atoms with Gasteiger partial charge in [0.15, 0.2) is 11.5 Å². The first kappa shape index (κ1) is 24.2. The van der Waals surface area contributed by atoms with E-state index in [9.17, 15) is 4.39 Å². The van der Waals surface area contributed by atoms with Crippen LogP contribution in [0.2, 0.25) is 0 Å². The van der Waals surface area contributed by atoms with Crippen LogP contribution in [0.3, 0.4) is 0 Å². The maximum absolute atomic E-state index is 13.1. The van der Waals surface area contributed by atoms with Gasteiger partial charge in [0.25, 0.3) is 0 Å². The summed E-state index contributed by atoms with van der Waals surface area (Å²) in [5.41, 5.74) is 2.85. The monoisotopic (exact) mass is 543 g/mol.